The summed E-state index contributed by atoms with van der Waals surface area (Å²) in [5.74, 6) is 1.18. The van der Waals surface area contributed by atoms with Gasteiger partial charge in [0.05, 0.1) is 0 Å². The van der Waals surface area contributed by atoms with Gasteiger partial charge >= 0.3 is 0 Å². The molecular formula is C14H21NOS. The van der Waals surface area contributed by atoms with Gasteiger partial charge in [0.1, 0.15) is 0 Å². The van der Waals surface area contributed by atoms with E-state index in [2.05, 4.69) is 48.3 Å². The summed E-state index contributed by atoms with van der Waals surface area (Å²) in [6.07, 6.45) is 2.43. The van der Waals surface area contributed by atoms with Crippen LogP contribution in [0.3, 0.4) is 0 Å². The lowest BCUT2D eigenvalue weighted by Crippen LogP contribution is -2.19. The summed E-state index contributed by atoms with van der Waals surface area (Å²) >= 11 is 2.08. The van der Waals surface area contributed by atoms with Crippen LogP contribution in [0.4, 0.5) is 5.69 Å². The van der Waals surface area contributed by atoms with Gasteiger partial charge in [0.15, 0.2) is 0 Å². The summed E-state index contributed by atoms with van der Waals surface area (Å²) in [6.45, 7) is 5.07. The van der Waals surface area contributed by atoms with Crippen molar-refractivity contribution in [1.82, 2.24) is 0 Å². The molecule has 2 nitrogen and oxygen atoms in total. The minimum atomic E-state index is 0.808. The number of ether oxygens (including phenoxy) is 1. The highest BCUT2D eigenvalue weighted by Crippen LogP contribution is 2.21. The molecule has 0 unspecified atom stereocenters. The van der Waals surface area contributed by atoms with Crippen molar-refractivity contribution in [3.63, 3.8) is 0 Å². The van der Waals surface area contributed by atoms with Crippen LogP contribution in [0.1, 0.15) is 18.4 Å². The smallest absolute Gasteiger partial charge is 0.0476 e. The number of nitrogens with one attached hydrogen (secondary N) is 1. The first-order chi connectivity index (χ1) is 8.34. The molecule has 0 spiro atoms. The predicted octanol–water partition coefficient (Wildman–Crippen LogP) is 3.32. The van der Waals surface area contributed by atoms with Gasteiger partial charge in [-0.25, -0.2) is 0 Å². The Morgan fingerprint density at radius 2 is 2.18 bits per heavy atom. The lowest BCUT2D eigenvalue weighted by Gasteiger charge is -2.21. The van der Waals surface area contributed by atoms with Crippen molar-refractivity contribution < 1.29 is 4.74 Å². The van der Waals surface area contributed by atoms with E-state index in [4.69, 9.17) is 4.74 Å². The second kappa shape index (κ2) is 6.92. The Balaban J connectivity index is 1.62. The molecule has 1 aromatic rings. The molecule has 1 aliphatic heterocycles. The van der Waals surface area contributed by atoms with Crippen molar-refractivity contribution in [3.05, 3.63) is 29.8 Å². The highest BCUT2D eigenvalue weighted by molar-refractivity contribution is 7.99. The molecule has 0 aliphatic carbocycles. The largest absolute Gasteiger partial charge is 0.384 e. The Labute approximate surface area is 108 Å². The van der Waals surface area contributed by atoms with Crippen LogP contribution in [0.2, 0.25) is 0 Å². The lowest BCUT2D eigenvalue weighted by molar-refractivity contribution is 0.100. The molecule has 2 rings (SSSR count). The number of thioether (sulfide) groups is 1. The number of benzene rings is 1. The first-order valence-electron chi connectivity index (χ1n) is 6.34. The van der Waals surface area contributed by atoms with Gasteiger partial charge in [-0.1, -0.05) is 12.1 Å². The summed E-state index contributed by atoms with van der Waals surface area (Å²) in [4.78, 5) is 0. The standard InChI is InChI=1S/C14H21NOS/c1-12-3-2-4-13(11-12)15-7-10-17-14-5-8-16-9-6-14/h2-4,11,14-15H,5-10H2,1H3. The van der Waals surface area contributed by atoms with Crippen LogP contribution >= 0.6 is 11.8 Å². The van der Waals surface area contributed by atoms with E-state index in [1.54, 1.807) is 0 Å². The zero-order chi connectivity index (χ0) is 11.9. The molecule has 0 saturated carbocycles. The van der Waals surface area contributed by atoms with Gasteiger partial charge < -0.3 is 10.1 Å². The second-order valence-corrected chi connectivity index (χ2v) is 5.89. The quantitative estimate of drug-likeness (QED) is 0.811. The molecule has 0 bridgehead atoms. The van der Waals surface area contributed by atoms with Crippen molar-refractivity contribution in [2.45, 2.75) is 25.0 Å². The highest BCUT2D eigenvalue weighted by Gasteiger charge is 2.13. The molecule has 17 heavy (non-hydrogen) atoms. The minimum Gasteiger partial charge on any atom is -0.384 e. The van der Waals surface area contributed by atoms with Crippen LogP contribution in [0.5, 0.6) is 0 Å². The number of anilines is 1. The molecule has 1 aromatic carbocycles. The maximum atomic E-state index is 5.36. The maximum Gasteiger partial charge on any atom is 0.0476 e. The van der Waals surface area contributed by atoms with Crippen molar-refractivity contribution in [2.24, 2.45) is 0 Å². The zero-order valence-corrected chi connectivity index (χ0v) is 11.3. The summed E-state index contributed by atoms with van der Waals surface area (Å²) in [5.41, 5.74) is 2.55. The SMILES string of the molecule is Cc1cccc(NCCSC2CCOCC2)c1. The fraction of sp³-hybridized carbons (Fsp3) is 0.571. The van der Waals surface area contributed by atoms with Crippen molar-refractivity contribution in [1.29, 1.82) is 0 Å². The molecule has 1 fully saturated rings. The van der Waals surface area contributed by atoms with Crippen LogP contribution in [-0.2, 0) is 4.74 Å². The van der Waals surface area contributed by atoms with Crippen LogP contribution in [0.25, 0.3) is 0 Å². The van der Waals surface area contributed by atoms with E-state index in [1.165, 1.54) is 29.8 Å². The molecule has 0 amide bonds. The monoisotopic (exact) mass is 251 g/mol. The molecule has 1 heterocycles. The van der Waals surface area contributed by atoms with Gasteiger partial charge in [-0.3, -0.25) is 0 Å². The Morgan fingerprint density at radius 3 is 2.94 bits per heavy atom. The third kappa shape index (κ3) is 4.60. The van der Waals surface area contributed by atoms with Crippen LogP contribution in [0.15, 0.2) is 24.3 Å². The molecule has 0 radical (unpaired) electrons. The first kappa shape index (κ1) is 12.8. The molecule has 94 valence electrons. The molecule has 1 saturated heterocycles. The number of rotatable bonds is 5. The fourth-order valence-corrected chi connectivity index (χ4v) is 3.10. The molecule has 0 aromatic heterocycles. The Morgan fingerprint density at radius 1 is 1.35 bits per heavy atom. The van der Waals surface area contributed by atoms with E-state index in [1.807, 2.05) is 0 Å². The van der Waals surface area contributed by atoms with E-state index in [0.29, 0.717) is 0 Å². The topological polar surface area (TPSA) is 21.3 Å². The van der Waals surface area contributed by atoms with Gasteiger partial charge in [-0.2, -0.15) is 11.8 Å². The van der Waals surface area contributed by atoms with Crippen molar-refractivity contribution >= 4 is 17.4 Å². The van der Waals surface area contributed by atoms with Crippen molar-refractivity contribution in [3.8, 4) is 0 Å². The molecule has 1 aliphatic rings. The fourth-order valence-electron chi connectivity index (χ4n) is 2.02. The molecule has 1 N–H and O–H groups in total. The number of hydrogen-bond donors (Lipinski definition) is 1. The van der Waals surface area contributed by atoms with E-state index in [-0.39, 0.29) is 0 Å². The normalized spacial score (nSPS) is 17.0. The van der Waals surface area contributed by atoms with E-state index >= 15 is 0 Å². The van der Waals surface area contributed by atoms with Crippen molar-refractivity contribution in [2.75, 3.05) is 30.8 Å². The van der Waals surface area contributed by atoms with Gasteiger partial charge in [0.25, 0.3) is 0 Å². The first-order valence-corrected chi connectivity index (χ1v) is 7.39. The Kier molecular flexibility index (Phi) is 5.20. The van der Waals surface area contributed by atoms with Gasteiger partial charge in [0, 0.05) is 36.4 Å². The summed E-state index contributed by atoms with van der Waals surface area (Å²) < 4.78 is 5.36. The van der Waals surface area contributed by atoms with E-state index in [9.17, 15) is 0 Å². The third-order valence-corrected chi connectivity index (χ3v) is 4.35. The van der Waals surface area contributed by atoms with Crippen LogP contribution < -0.4 is 5.32 Å². The average molecular weight is 251 g/mol. The highest BCUT2D eigenvalue weighted by atomic mass is 32.2. The lowest BCUT2D eigenvalue weighted by atomic mass is 10.2. The summed E-state index contributed by atoms with van der Waals surface area (Å²) in [6, 6.07) is 8.55. The molecule has 0 atom stereocenters. The number of aryl methyl sites for hydroxylation is 1. The second-order valence-electron chi connectivity index (χ2n) is 4.48. The third-order valence-electron chi connectivity index (χ3n) is 2.97. The van der Waals surface area contributed by atoms with E-state index in [0.717, 1.165) is 25.0 Å². The summed E-state index contributed by atoms with van der Waals surface area (Å²) in [5, 5.41) is 4.28. The Hall–Kier alpha value is -0.670. The Bertz CT molecular complexity index is 337. The van der Waals surface area contributed by atoms with Crippen LogP contribution in [-0.4, -0.2) is 30.8 Å². The predicted molar refractivity (Wildman–Crippen MR) is 76.0 cm³/mol. The average Bonchev–Trinajstić information content (AvgIpc) is 2.36. The van der Waals surface area contributed by atoms with Crippen LogP contribution in [0, 0.1) is 6.92 Å². The van der Waals surface area contributed by atoms with Gasteiger partial charge in [0.2, 0.25) is 0 Å². The molecule has 3 heteroatoms. The maximum absolute atomic E-state index is 5.36. The summed E-state index contributed by atoms with van der Waals surface area (Å²) in [7, 11) is 0. The zero-order valence-electron chi connectivity index (χ0n) is 10.4. The molecular weight excluding hydrogens is 230 g/mol. The number of hydrogen-bond acceptors (Lipinski definition) is 3. The minimum absolute atomic E-state index is 0.808. The van der Waals surface area contributed by atoms with Gasteiger partial charge in [-0.05, 0) is 37.5 Å². The van der Waals surface area contributed by atoms with Gasteiger partial charge in [-0.15, -0.1) is 0 Å². The van der Waals surface area contributed by atoms with E-state index < -0.39 is 0 Å².